The molecule has 0 spiro atoms. The minimum Gasteiger partial charge on any atom is -0.501 e. The Labute approximate surface area is 605 Å². The molecule has 0 amide bonds. The number of unbranched alkanes of at least 4 members (excludes halogenated alkanes) is 9. The van der Waals surface area contributed by atoms with E-state index in [-0.39, 0.29) is 20.1 Å². The van der Waals surface area contributed by atoms with Gasteiger partial charge in [-0.25, -0.2) is 0 Å². The van der Waals surface area contributed by atoms with Gasteiger partial charge in [0.05, 0.1) is 33.4 Å². The zero-order valence-electron chi connectivity index (χ0n) is 58.7. The van der Waals surface area contributed by atoms with Gasteiger partial charge in [0.1, 0.15) is 35.0 Å². The molecule has 10 heteroatoms. The maximum Gasteiger partial charge on any atom is 3.00 e. The van der Waals surface area contributed by atoms with Crippen molar-refractivity contribution in [3.63, 3.8) is 0 Å². The minimum absolute atomic E-state index is 0. The number of furan rings is 3. The van der Waals surface area contributed by atoms with Crippen LogP contribution in [0.1, 0.15) is 245 Å². The molecular weight excluding hydrogens is 1410 g/mol. The smallest absolute Gasteiger partial charge is 0.501 e. The number of nitriles is 3. The van der Waals surface area contributed by atoms with E-state index in [1.807, 2.05) is 72.8 Å². The van der Waals surface area contributed by atoms with E-state index in [0.29, 0.717) is 34.4 Å². The van der Waals surface area contributed by atoms with Gasteiger partial charge < -0.3 is 28.2 Å². The fraction of sp³-hybridized carbons (Fsp3) is 0.400. The van der Waals surface area contributed by atoms with Crippen LogP contribution >= 0.6 is 0 Å². The summed E-state index contributed by atoms with van der Waals surface area (Å²) in [6.07, 6.45) is 40.1. The Bertz CT molecular complexity index is 4350. The average molecular weight is 1500 g/mol. The number of hydrogen-bond donors (Lipinski definition) is 0. The predicted molar refractivity (Wildman–Crippen MR) is 402 cm³/mol. The Morgan fingerprint density at radius 3 is 0.910 bits per heavy atom. The molecule has 510 valence electrons. The standard InChI is InChI=1S/3C30H31N2O.Ir/c3*1-2-3-4-5-9-21-14-16-22(17-15-21)27-18-28(32-20-23(27)19-31)26-12-8-11-25-24-10-6-7-13-29(24)33-30(25)26;/h3*6-8,10-11,13,18,20-22H,2-5,9,14-17H2,1H3;/q3*-1;+3. The van der Waals surface area contributed by atoms with Crippen LogP contribution in [0.3, 0.4) is 0 Å². The maximum atomic E-state index is 9.78. The van der Waals surface area contributed by atoms with Crippen LogP contribution in [0.2, 0.25) is 0 Å². The summed E-state index contributed by atoms with van der Waals surface area (Å²) >= 11 is 0. The van der Waals surface area contributed by atoms with E-state index in [0.717, 1.165) is 173 Å². The average Bonchev–Trinajstić information content (AvgIpc) is 1.57. The third-order valence-corrected chi connectivity index (χ3v) is 22.2. The fourth-order valence-electron chi connectivity index (χ4n) is 16.6. The molecule has 3 aliphatic rings. The third-order valence-electron chi connectivity index (χ3n) is 22.2. The Balaban J connectivity index is 0.000000141. The summed E-state index contributed by atoms with van der Waals surface area (Å²) in [4.78, 5) is 14.0. The van der Waals surface area contributed by atoms with Crippen LogP contribution in [-0.4, -0.2) is 15.0 Å². The van der Waals surface area contributed by atoms with Gasteiger partial charge >= 0.3 is 20.1 Å². The first-order chi connectivity index (χ1) is 48.8. The number of benzene rings is 6. The van der Waals surface area contributed by atoms with E-state index >= 15 is 0 Å². The molecule has 0 unspecified atom stereocenters. The molecule has 3 saturated carbocycles. The number of pyridine rings is 3. The number of aromatic nitrogens is 3. The first-order valence-electron chi connectivity index (χ1n) is 37.5. The Hall–Kier alpha value is -8.71. The molecule has 0 bridgehead atoms. The summed E-state index contributed by atoms with van der Waals surface area (Å²) in [6, 6.07) is 60.0. The first-order valence-corrected chi connectivity index (χ1v) is 37.5. The summed E-state index contributed by atoms with van der Waals surface area (Å²) in [5, 5.41) is 35.9. The van der Waals surface area contributed by atoms with Gasteiger partial charge in [-0.3, -0.25) is 0 Å². The van der Waals surface area contributed by atoms with E-state index in [1.165, 1.54) is 135 Å². The SMILES string of the molecule is CCCCCCC1CCC(c2cc(-c3[c-]ccc4c3oc3ccccc34)ncc2C#N)CC1.CCCCCCC1CCC(c2cc(-c3[c-]ccc4c3oc3ccccc34)ncc2C#N)CC1.CCCCCCC1CCC(c2cc(-c3[c-]ccc4c3oc3ccccc34)ncc2C#N)CC1.[Ir+3]. The van der Waals surface area contributed by atoms with Crippen molar-refractivity contribution >= 4 is 65.8 Å². The second-order valence-corrected chi connectivity index (χ2v) is 28.6. The monoisotopic (exact) mass is 1500 g/mol. The molecule has 6 aromatic heterocycles. The normalized spacial score (nSPS) is 18.4. The quantitative estimate of drug-likeness (QED) is 0.0506. The van der Waals surface area contributed by atoms with Crippen LogP contribution in [0.15, 0.2) is 159 Å². The van der Waals surface area contributed by atoms with Crippen molar-refractivity contribution in [1.29, 1.82) is 15.8 Å². The number of hydrogen-bond acceptors (Lipinski definition) is 9. The van der Waals surface area contributed by atoms with Gasteiger partial charge in [-0.05, 0) is 165 Å². The molecule has 100 heavy (non-hydrogen) atoms. The van der Waals surface area contributed by atoms with Crippen molar-refractivity contribution in [2.75, 3.05) is 0 Å². The summed E-state index contributed by atoms with van der Waals surface area (Å²) in [7, 11) is 0. The second-order valence-electron chi connectivity index (χ2n) is 28.6. The molecule has 3 fully saturated rings. The van der Waals surface area contributed by atoms with E-state index in [2.05, 4.69) is 127 Å². The van der Waals surface area contributed by atoms with E-state index in [4.69, 9.17) is 13.3 Å². The molecule has 0 atom stereocenters. The largest absolute Gasteiger partial charge is 3.00 e. The van der Waals surface area contributed by atoms with Gasteiger partial charge in [0.15, 0.2) is 0 Å². The van der Waals surface area contributed by atoms with Gasteiger partial charge in [0, 0.05) is 34.7 Å². The van der Waals surface area contributed by atoms with E-state index < -0.39 is 0 Å². The van der Waals surface area contributed by atoms with Crippen LogP contribution in [0.25, 0.3) is 99.6 Å². The van der Waals surface area contributed by atoms with Gasteiger partial charge in [0.25, 0.3) is 0 Å². The molecule has 6 aromatic carbocycles. The van der Waals surface area contributed by atoms with Gasteiger partial charge in [-0.2, -0.15) is 15.8 Å². The molecule has 0 saturated heterocycles. The van der Waals surface area contributed by atoms with Crippen molar-refractivity contribution < 1.29 is 33.4 Å². The third kappa shape index (κ3) is 16.2. The van der Waals surface area contributed by atoms with Crippen LogP contribution < -0.4 is 0 Å². The summed E-state index contributed by atoms with van der Waals surface area (Å²) in [6.45, 7) is 6.81. The van der Waals surface area contributed by atoms with Crippen LogP contribution in [0.4, 0.5) is 0 Å². The van der Waals surface area contributed by atoms with Gasteiger partial charge in [-0.15, -0.1) is 54.6 Å². The fourth-order valence-corrected chi connectivity index (χ4v) is 16.6. The van der Waals surface area contributed by atoms with Gasteiger partial charge in [0.2, 0.25) is 0 Å². The summed E-state index contributed by atoms with van der Waals surface area (Å²) < 4.78 is 18.6. The zero-order chi connectivity index (χ0) is 67.9. The number of para-hydroxylation sites is 3. The molecule has 6 heterocycles. The van der Waals surface area contributed by atoms with Crippen molar-refractivity contribution in [1.82, 2.24) is 15.0 Å². The summed E-state index contributed by atoms with van der Waals surface area (Å²) in [5.74, 6) is 3.85. The molecule has 0 radical (unpaired) electrons. The molecule has 3 aliphatic carbocycles. The van der Waals surface area contributed by atoms with E-state index in [1.54, 1.807) is 18.6 Å². The molecule has 9 nitrogen and oxygen atoms in total. The van der Waals surface area contributed by atoms with Crippen molar-refractivity contribution in [2.45, 2.75) is 212 Å². The van der Waals surface area contributed by atoms with Crippen LogP contribution in [0.5, 0.6) is 0 Å². The zero-order valence-corrected chi connectivity index (χ0v) is 61.0. The van der Waals surface area contributed by atoms with Crippen molar-refractivity contribution in [3.05, 3.63) is 198 Å². The topological polar surface area (TPSA) is 149 Å². The number of fused-ring (bicyclic) bond motifs is 9. The van der Waals surface area contributed by atoms with E-state index in [9.17, 15) is 15.8 Å². The summed E-state index contributed by atoms with van der Waals surface area (Å²) in [5.41, 5.74) is 15.8. The number of nitrogens with zero attached hydrogens (tertiary/aromatic N) is 6. The maximum absolute atomic E-state index is 9.78. The Kier molecular flexibility index (Phi) is 24.6. The Morgan fingerprint density at radius 2 is 0.640 bits per heavy atom. The molecule has 0 N–H and O–H groups in total. The number of rotatable bonds is 21. The predicted octanol–water partition coefficient (Wildman–Crippen LogP) is 25.7. The molecule has 0 aliphatic heterocycles. The molecule has 15 rings (SSSR count). The van der Waals surface area contributed by atoms with Crippen LogP contribution in [0, 0.1) is 69.9 Å². The molecule has 12 aromatic rings. The molecular formula is C90H93IrN6O3. The van der Waals surface area contributed by atoms with Crippen molar-refractivity contribution in [2.24, 2.45) is 17.8 Å². The second kappa shape index (κ2) is 34.6. The minimum atomic E-state index is 0. The first kappa shape index (κ1) is 71.1. The van der Waals surface area contributed by atoms with Crippen LogP contribution in [-0.2, 0) is 20.1 Å². The van der Waals surface area contributed by atoms with Crippen molar-refractivity contribution in [3.8, 4) is 52.0 Å². The Morgan fingerprint density at radius 1 is 0.360 bits per heavy atom. The van der Waals surface area contributed by atoms with Gasteiger partial charge in [-0.1, -0.05) is 223 Å².